The number of nitrogens with zero attached hydrogens (tertiary/aromatic N) is 2. The Labute approximate surface area is 182 Å². The Bertz CT molecular complexity index is 1230. The molecule has 3 heterocycles. The number of carbonyl (C=O) groups excluding carboxylic acids is 1. The van der Waals surface area contributed by atoms with Crippen molar-refractivity contribution in [2.75, 3.05) is 12.8 Å². The van der Waals surface area contributed by atoms with Crippen LogP contribution in [0.2, 0.25) is 0 Å². The van der Waals surface area contributed by atoms with Crippen LogP contribution in [0, 0.1) is 13.8 Å². The summed E-state index contributed by atoms with van der Waals surface area (Å²) in [6.07, 6.45) is 3.59. The number of rotatable bonds is 5. The van der Waals surface area contributed by atoms with E-state index in [1.165, 1.54) is 0 Å². The van der Waals surface area contributed by atoms with Crippen molar-refractivity contribution in [1.29, 1.82) is 0 Å². The third-order valence-electron chi connectivity index (χ3n) is 5.55. The first-order valence-electron chi connectivity index (χ1n) is 10.1. The van der Waals surface area contributed by atoms with Crippen LogP contribution < -0.4 is 4.72 Å². The van der Waals surface area contributed by atoms with Crippen LogP contribution in [0.1, 0.15) is 38.5 Å². The number of benzene rings is 1. The number of nitrogens with one attached hydrogen (secondary N) is 1. The minimum Gasteiger partial charge on any atom is -0.461 e. The van der Waals surface area contributed by atoms with Crippen LogP contribution in [0.15, 0.2) is 47.0 Å². The van der Waals surface area contributed by atoms with Crippen LogP contribution >= 0.6 is 0 Å². The second kappa shape index (κ2) is 8.28. The number of pyridine rings is 1. The summed E-state index contributed by atoms with van der Waals surface area (Å²) < 4.78 is 31.2. The number of amides is 1. The van der Waals surface area contributed by atoms with E-state index >= 15 is 0 Å². The molecular weight excluding hydrogens is 414 g/mol. The lowest BCUT2D eigenvalue weighted by Gasteiger charge is -2.30. The van der Waals surface area contributed by atoms with Crippen LogP contribution in [0.3, 0.4) is 0 Å². The van der Waals surface area contributed by atoms with Crippen molar-refractivity contribution in [3.05, 3.63) is 76.3 Å². The molecule has 162 valence electrons. The number of furan rings is 1. The fraction of sp³-hybridized carbons (Fsp3) is 0.304. The van der Waals surface area contributed by atoms with Crippen molar-refractivity contribution in [3.63, 3.8) is 0 Å². The number of sulfonamides is 1. The number of carbonyl (C=O) groups is 1. The smallest absolute Gasteiger partial charge is 0.254 e. The molecule has 3 aromatic rings. The monoisotopic (exact) mass is 439 g/mol. The number of hydrogen-bond donors (Lipinski definition) is 1. The minimum atomic E-state index is -3.30. The molecule has 8 heteroatoms. The zero-order chi connectivity index (χ0) is 22.2. The standard InChI is InChI=1S/C23H25N3O4S/c1-15-4-9-22(30-15)17-5-7-18(8-6-17)23(27)26-11-10-20-19(14-26)12-24-16(2)21(20)13-25-31(3,28)29/h4-9,12,25H,10-11,13-14H2,1-3H3. The molecule has 31 heavy (non-hydrogen) atoms. The van der Waals surface area contributed by atoms with Gasteiger partial charge in [-0.3, -0.25) is 9.78 Å². The zero-order valence-electron chi connectivity index (χ0n) is 17.8. The maximum absolute atomic E-state index is 13.1. The molecule has 1 N–H and O–H groups in total. The lowest BCUT2D eigenvalue weighted by Crippen LogP contribution is -2.37. The first-order valence-corrected chi connectivity index (χ1v) is 12.0. The third kappa shape index (κ3) is 4.70. The van der Waals surface area contributed by atoms with Crippen LogP contribution in [0.25, 0.3) is 11.3 Å². The van der Waals surface area contributed by atoms with E-state index in [-0.39, 0.29) is 12.5 Å². The highest BCUT2D eigenvalue weighted by atomic mass is 32.2. The topological polar surface area (TPSA) is 92.5 Å². The Kier molecular flexibility index (Phi) is 5.68. The highest BCUT2D eigenvalue weighted by Crippen LogP contribution is 2.26. The van der Waals surface area contributed by atoms with Crippen LogP contribution in [0.4, 0.5) is 0 Å². The molecule has 1 aromatic carbocycles. The van der Waals surface area contributed by atoms with Crippen molar-refractivity contribution in [3.8, 4) is 11.3 Å². The normalized spacial score (nSPS) is 13.8. The molecule has 7 nitrogen and oxygen atoms in total. The van der Waals surface area contributed by atoms with Crippen molar-refractivity contribution in [1.82, 2.24) is 14.6 Å². The highest BCUT2D eigenvalue weighted by molar-refractivity contribution is 7.88. The second-order valence-electron chi connectivity index (χ2n) is 7.88. The average molecular weight is 440 g/mol. The molecule has 0 unspecified atom stereocenters. The molecule has 0 saturated carbocycles. The molecule has 0 atom stereocenters. The fourth-order valence-electron chi connectivity index (χ4n) is 3.88. The molecule has 1 aliphatic heterocycles. The Morgan fingerprint density at radius 3 is 2.55 bits per heavy atom. The van der Waals surface area contributed by atoms with Crippen molar-refractivity contribution < 1.29 is 17.6 Å². The van der Waals surface area contributed by atoms with E-state index in [1.54, 1.807) is 11.1 Å². The summed E-state index contributed by atoms with van der Waals surface area (Å²) in [4.78, 5) is 19.3. The van der Waals surface area contributed by atoms with Crippen molar-refractivity contribution >= 4 is 15.9 Å². The van der Waals surface area contributed by atoms with Gasteiger partial charge in [-0.15, -0.1) is 0 Å². The quantitative estimate of drug-likeness (QED) is 0.659. The second-order valence-corrected chi connectivity index (χ2v) is 9.72. The van der Waals surface area contributed by atoms with Crippen LogP contribution in [-0.4, -0.2) is 37.0 Å². The van der Waals surface area contributed by atoms with Gasteiger partial charge in [0.15, 0.2) is 0 Å². The van der Waals surface area contributed by atoms with Gasteiger partial charge in [-0.25, -0.2) is 13.1 Å². The Balaban J connectivity index is 1.51. The summed E-state index contributed by atoms with van der Waals surface area (Å²) in [7, 11) is -3.30. The van der Waals surface area contributed by atoms with E-state index < -0.39 is 10.0 Å². The maximum atomic E-state index is 13.1. The summed E-state index contributed by atoms with van der Waals surface area (Å²) in [6, 6.07) is 11.3. The van der Waals surface area contributed by atoms with Gasteiger partial charge in [0.05, 0.1) is 6.26 Å². The average Bonchev–Trinajstić information content (AvgIpc) is 3.18. The van der Waals surface area contributed by atoms with Crippen LogP contribution in [-0.2, 0) is 29.5 Å². The third-order valence-corrected chi connectivity index (χ3v) is 6.22. The summed E-state index contributed by atoms with van der Waals surface area (Å²) in [5.41, 5.74) is 5.28. The van der Waals surface area contributed by atoms with Gasteiger partial charge in [-0.1, -0.05) is 12.1 Å². The summed E-state index contributed by atoms with van der Waals surface area (Å²) in [5.74, 6) is 1.58. The van der Waals surface area contributed by atoms with Gasteiger partial charge >= 0.3 is 0 Å². The number of aryl methyl sites for hydroxylation is 2. The SMILES string of the molecule is Cc1ccc(-c2ccc(C(=O)N3CCc4c(cnc(C)c4CNS(C)(=O)=O)C3)cc2)o1. The van der Waals surface area contributed by atoms with Gasteiger partial charge < -0.3 is 9.32 Å². The molecule has 1 amide bonds. The van der Waals surface area contributed by atoms with Crippen LogP contribution in [0.5, 0.6) is 0 Å². The molecule has 0 bridgehead atoms. The van der Waals surface area contributed by atoms with Gasteiger partial charge in [0, 0.05) is 42.7 Å². The largest absolute Gasteiger partial charge is 0.461 e. The Morgan fingerprint density at radius 2 is 1.90 bits per heavy atom. The highest BCUT2D eigenvalue weighted by Gasteiger charge is 2.25. The van der Waals surface area contributed by atoms with E-state index in [0.29, 0.717) is 25.1 Å². The predicted octanol–water partition coefficient (Wildman–Crippen LogP) is 3.21. The first-order chi connectivity index (χ1) is 14.7. The van der Waals surface area contributed by atoms with E-state index in [9.17, 15) is 13.2 Å². The molecule has 0 fully saturated rings. The molecule has 1 aliphatic rings. The molecule has 2 aromatic heterocycles. The minimum absolute atomic E-state index is 0.0378. The lowest BCUT2D eigenvalue weighted by atomic mass is 9.94. The van der Waals surface area contributed by atoms with Gasteiger partial charge in [0.25, 0.3) is 5.91 Å². The Hall–Kier alpha value is -2.97. The summed E-state index contributed by atoms with van der Waals surface area (Å²) in [5, 5.41) is 0. The van der Waals surface area contributed by atoms with Gasteiger partial charge in [-0.2, -0.15) is 0 Å². The number of hydrogen-bond acceptors (Lipinski definition) is 5. The van der Waals surface area contributed by atoms with Crippen molar-refractivity contribution in [2.24, 2.45) is 0 Å². The summed E-state index contributed by atoms with van der Waals surface area (Å²) >= 11 is 0. The molecule has 0 radical (unpaired) electrons. The number of aromatic nitrogens is 1. The predicted molar refractivity (Wildman–Crippen MR) is 118 cm³/mol. The lowest BCUT2D eigenvalue weighted by molar-refractivity contribution is 0.0734. The molecule has 0 aliphatic carbocycles. The van der Waals surface area contributed by atoms with E-state index in [0.717, 1.165) is 45.7 Å². The molecule has 0 saturated heterocycles. The van der Waals surface area contributed by atoms with E-state index in [4.69, 9.17) is 4.42 Å². The Morgan fingerprint density at radius 1 is 1.16 bits per heavy atom. The first kappa shape index (κ1) is 21.3. The van der Waals surface area contributed by atoms with Gasteiger partial charge in [0.1, 0.15) is 11.5 Å². The fourth-order valence-corrected chi connectivity index (χ4v) is 4.29. The molecule has 4 rings (SSSR count). The van der Waals surface area contributed by atoms with E-state index in [2.05, 4.69) is 9.71 Å². The maximum Gasteiger partial charge on any atom is 0.254 e. The summed E-state index contributed by atoms with van der Waals surface area (Å²) in [6.45, 7) is 5.00. The van der Waals surface area contributed by atoms with E-state index in [1.807, 2.05) is 50.2 Å². The number of fused-ring (bicyclic) bond motifs is 1. The molecule has 0 spiro atoms. The van der Waals surface area contributed by atoms with Crippen molar-refractivity contribution in [2.45, 2.75) is 33.4 Å². The van der Waals surface area contributed by atoms with Gasteiger partial charge in [0.2, 0.25) is 10.0 Å². The molecular formula is C23H25N3O4S. The zero-order valence-corrected chi connectivity index (χ0v) is 18.6. The van der Waals surface area contributed by atoms with Gasteiger partial charge in [-0.05, 0) is 61.2 Å².